The van der Waals surface area contributed by atoms with Crippen LogP contribution in [0, 0.1) is 5.92 Å². The maximum Gasteiger partial charge on any atom is 0.241 e. The molecule has 0 bridgehead atoms. The molecule has 2 aliphatic rings. The van der Waals surface area contributed by atoms with E-state index in [9.17, 15) is 4.79 Å². The van der Waals surface area contributed by atoms with Crippen LogP contribution in [0.3, 0.4) is 0 Å². The summed E-state index contributed by atoms with van der Waals surface area (Å²) in [6.07, 6.45) is 9.62. The number of para-hydroxylation sites is 2. The average Bonchev–Trinajstić information content (AvgIpc) is 3.29. The fourth-order valence-electron chi connectivity index (χ4n) is 4.31. The first kappa shape index (κ1) is 18.7. The molecule has 1 aromatic heterocycles. The number of methoxy groups -OCH3 is 1. The highest BCUT2D eigenvalue weighted by Crippen LogP contribution is 2.37. The van der Waals surface area contributed by atoms with E-state index in [1.54, 1.807) is 19.5 Å². The van der Waals surface area contributed by atoms with Crippen LogP contribution in [0.2, 0.25) is 0 Å². The van der Waals surface area contributed by atoms with E-state index in [1.807, 2.05) is 29.2 Å². The minimum absolute atomic E-state index is 0.242. The molecule has 0 unspecified atom stereocenters. The molecule has 6 heteroatoms. The smallest absolute Gasteiger partial charge is 0.241 e. The number of carbonyl (C=O) groups is 1. The van der Waals surface area contributed by atoms with Gasteiger partial charge >= 0.3 is 0 Å². The molecule has 4 rings (SSSR count). The van der Waals surface area contributed by atoms with Gasteiger partial charge in [0.15, 0.2) is 11.5 Å². The van der Waals surface area contributed by atoms with Crippen molar-refractivity contribution in [1.82, 2.24) is 14.9 Å². The zero-order chi connectivity index (χ0) is 19.3. The summed E-state index contributed by atoms with van der Waals surface area (Å²) in [5.74, 6) is 2.65. The van der Waals surface area contributed by atoms with Gasteiger partial charge in [-0.25, -0.2) is 4.98 Å². The van der Waals surface area contributed by atoms with Crippen LogP contribution in [0.4, 0.5) is 0 Å². The van der Waals surface area contributed by atoms with Gasteiger partial charge in [-0.15, -0.1) is 0 Å². The lowest BCUT2D eigenvalue weighted by Crippen LogP contribution is -2.41. The SMILES string of the molecule is COc1ccccc1Oc1nccnc1C1CCN(C(=O)C2CCCC2)CC1. The third-order valence-electron chi connectivity index (χ3n) is 5.86. The minimum atomic E-state index is 0.242. The molecule has 0 spiro atoms. The lowest BCUT2D eigenvalue weighted by atomic mass is 9.92. The Morgan fingerprint density at radius 1 is 1.00 bits per heavy atom. The average molecular weight is 381 g/mol. The van der Waals surface area contributed by atoms with Crippen molar-refractivity contribution in [2.45, 2.75) is 44.4 Å². The second kappa shape index (κ2) is 8.59. The van der Waals surface area contributed by atoms with Crippen molar-refractivity contribution in [1.29, 1.82) is 0 Å². The molecule has 0 radical (unpaired) electrons. The van der Waals surface area contributed by atoms with Crippen LogP contribution in [0.1, 0.15) is 50.1 Å². The molecule has 2 aromatic rings. The lowest BCUT2D eigenvalue weighted by Gasteiger charge is -2.33. The Hall–Kier alpha value is -2.63. The van der Waals surface area contributed by atoms with E-state index >= 15 is 0 Å². The largest absolute Gasteiger partial charge is 0.493 e. The Balaban J connectivity index is 1.45. The van der Waals surface area contributed by atoms with Crippen LogP contribution in [0.15, 0.2) is 36.7 Å². The van der Waals surface area contributed by atoms with E-state index < -0.39 is 0 Å². The molecule has 1 aromatic carbocycles. The van der Waals surface area contributed by atoms with Crippen molar-refractivity contribution in [3.63, 3.8) is 0 Å². The number of likely N-dealkylation sites (tertiary alicyclic amines) is 1. The summed E-state index contributed by atoms with van der Waals surface area (Å²) in [6.45, 7) is 1.56. The molecule has 1 aliphatic heterocycles. The van der Waals surface area contributed by atoms with Crippen LogP contribution < -0.4 is 9.47 Å². The van der Waals surface area contributed by atoms with Gasteiger partial charge in [0.05, 0.1) is 7.11 Å². The Labute approximate surface area is 165 Å². The van der Waals surface area contributed by atoms with Gasteiger partial charge in [0.2, 0.25) is 11.8 Å². The van der Waals surface area contributed by atoms with Crippen molar-refractivity contribution in [3.8, 4) is 17.4 Å². The zero-order valence-electron chi connectivity index (χ0n) is 16.3. The third-order valence-corrected chi connectivity index (χ3v) is 5.86. The zero-order valence-corrected chi connectivity index (χ0v) is 16.3. The maximum atomic E-state index is 12.7. The van der Waals surface area contributed by atoms with Gasteiger partial charge < -0.3 is 14.4 Å². The van der Waals surface area contributed by atoms with Crippen molar-refractivity contribution in [2.75, 3.05) is 20.2 Å². The first-order chi connectivity index (χ1) is 13.8. The first-order valence-corrected chi connectivity index (χ1v) is 10.2. The monoisotopic (exact) mass is 381 g/mol. The van der Waals surface area contributed by atoms with Crippen LogP contribution in [0.25, 0.3) is 0 Å². The van der Waals surface area contributed by atoms with Crippen LogP contribution in [-0.4, -0.2) is 41.0 Å². The van der Waals surface area contributed by atoms with E-state index in [-0.39, 0.29) is 11.8 Å². The summed E-state index contributed by atoms with van der Waals surface area (Å²) in [6, 6.07) is 7.53. The van der Waals surface area contributed by atoms with Crippen molar-refractivity contribution >= 4 is 5.91 Å². The number of nitrogens with zero attached hydrogens (tertiary/aromatic N) is 3. The second-order valence-corrected chi connectivity index (χ2v) is 7.58. The number of hydrogen-bond donors (Lipinski definition) is 0. The summed E-state index contributed by atoms with van der Waals surface area (Å²) in [5.41, 5.74) is 0.862. The van der Waals surface area contributed by atoms with Gasteiger partial charge in [-0.3, -0.25) is 9.78 Å². The number of benzene rings is 1. The van der Waals surface area contributed by atoms with Crippen LogP contribution >= 0.6 is 0 Å². The van der Waals surface area contributed by atoms with E-state index in [4.69, 9.17) is 9.47 Å². The lowest BCUT2D eigenvalue weighted by molar-refractivity contribution is -0.136. The second-order valence-electron chi connectivity index (χ2n) is 7.58. The molecule has 2 fully saturated rings. The Morgan fingerprint density at radius 3 is 2.39 bits per heavy atom. The highest BCUT2D eigenvalue weighted by atomic mass is 16.5. The maximum absolute atomic E-state index is 12.7. The molecule has 0 N–H and O–H groups in total. The Kier molecular flexibility index (Phi) is 5.74. The first-order valence-electron chi connectivity index (χ1n) is 10.2. The minimum Gasteiger partial charge on any atom is -0.493 e. The number of amides is 1. The summed E-state index contributed by atoms with van der Waals surface area (Å²) in [7, 11) is 1.62. The summed E-state index contributed by atoms with van der Waals surface area (Å²) >= 11 is 0. The molecule has 1 saturated heterocycles. The Bertz CT molecular complexity index is 812. The van der Waals surface area contributed by atoms with Gasteiger partial charge in [0.1, 0.15) is 5.69 Å². The van der Waals surface area contributed by atoms with E-state index in [0.717, 1.165) is 44.5 Å². The molecular formula is C22H27N3O3. The highest BCUT2D eigenvalue weighted by molar-refractivity contribution is 5.79. The van der Waals surface area contributed by atoms with E-state index in [2.05, 4.69) is 9.97 Å². The number of hydrogen-bond acceptors (Lipinski definition) is 5. The van der Waals surface area contributed by atoms with Gasteiger partial charge in [0, 0.05) is 37.3 Å². The molecule has 1 amide bonds. The number of aromatic nitrogens is 2. The van der Waals surface area contributed by atoms with Crippen LogP contribution in [-0.2, 0) is 4.79 Å². The van der Waals surface area contributed by atoms with Gasteiger partial charge in [-0.2, -0.15) is 0 Å². The topological polar surface area (TPSA) is 64.6 Å². The summed E-state index contributed by atoms with van der Waals surface area (Å²) < 4.78 is 11.4. The van der Waals surface area contributed by atoms with Gasteiger partial charge in [0.25, 0.3) is 0 Å². The standard InChI is InChI=1S/C22H27N3O3/c1-27-18-8-4-5-9-19(18)28-21-20(23-12-13-24-21)16-10-14-25(15-11-16)22(26)17-6-2-3-7-17/h4-5,8-9,12-13,16-17H,2-3,6-7,10-11,14-15H2,1H3. The van der Waals surface area contributed by atoms with Crippen molar-refractivity contribution in [3.05, 3.63) is 42.4 Å². The predicted molar refractivity (Wildman–Crippen MR) is 106 cm³/mol. The molecule has 148 valence electrons. The number of rotatable bonds is 5. The molecular weight excluding hydrogens is 354 g/mol. The molecule has 1 saturated carbocycles. The molecule has 0 atom stereocenters. The normalized spacial score (nSPS) is 18.2. The van der Waals surface area contributed by atoms with Crippen LogP contribution in [0.5, 0.6) is 17.4 Å². The summed E-state index contributed by atoms with van der Waals surface area (Å²) in [4.78, 5) is 23.7. The van der Waals surface area contributed by atoms with Crippen molar-refractivity contribution < 1.29 is 14.3 Å². The highest BCUT2D eigenvalue weighted by Gasteiger charge is 2.32. The van der Waals surface area contributed by atoms with Gasteiger partial charge in [-0.1, -0.05) is 25.0 Å². The molecule has 2 heterocycles. The van der Waals surface area contributed by atoms with Gasteiger partial charge in [-0.05, 0) is 37.8 Å². The molecule has 6 nitrogen and oxygen atoms in total. The number of piperidine rings is 1. The third kappa shape index (κ3) is 3.96. The van der Waals surface area contributed by atoms with E-state index in [1.165, 1.54) is 12.8 Å². The fourth-order valence-corrected chi connectivity index (χ4v) is 4.31. The van der Waals surface area contributed by atoms with E-state index in [0.29, 0.717) is 23.3 Å². The Morgan fingerprint density at radius 2 is 1.68 bits per heavy atom. The summed E-state index contributed by atoms with van der Waals surface area (Å²) in [5, 5.41) is 0. The molecule has 28 heavy (non-hydrogen) atoms. The number of ether oxygens (including phenoxy) is 2. The predicted octanol–water partition coefficient (Wildman–Crippen LogP) is 4.17. The molecule has 1 aliphatic carbocycles. The fraction of sp³-hybridized carbons (Fsp3) is 0.500. The number of carbonyl (C=O) groups excluding carboxylic acids is 1. The quantitative estimate of drug-likeness (QED) is 0.778. The van der Waals surface area contributed by atoms with Crippen molar-refractivity contribution in [2.24, 2.45) is 5.92 Å².